The molecular formula is C11H10BrN3O3. The summed E-state index contributed by atoms with van der Waals surface area (Å²) in [5.74, 6) is 0. The molecule has 1 heterocycles. The SMILES string of the molecule is O=[N+]([O-])c1cccc(Cn2cnc(CO)c2)c1Br. The average molecular weight is 312 g/mol. The summed E-state index contributed by atoms with van der Waals surface area (Å²) in [5.41, 5.74) is 1.39. The van der Waals surface area contributed by atoms with Gasteiger partial charge in [0.25, 0.3) is 5.69 Å². The van der Waals surface area contributed by atoms with Crippen LogP contribution in [0.15, 0.2) is 35.2 Å². The van der Waals surface area contributed by atoms with Crippen molar-refractivity contribution in [3.8, 4) is 0 Å². The number of hydrogen-bond donors (Lipinski definition) is 1. The van der Waals surface area contributed by atoms with Gasteiger partial charge in [-0.2, -0.15) is 0 Å². The summed E-state index contributed by atoms with van der Waals surface area (Å²) >= 11 is 3.24. The summed E-state index contributed by atoms with van der Waals surface area (Å²) in [6.07, 6.45) is 3.28. The lowest BCUT2D eigenvalue weighted by molar-refractivity contribution is -0.385. The summed E-state index contributed by atoms with van der Waals surface area (Å²) in [5, 5.41) is 19.7. The number of nitro benzene ring substituents is 1. The van der Waals surface area contributed by atoms with Gasteiger partial charge in [0, 0.05) is 18.8 Å². The Hall–Kier alpha value is -1.73. The summed E-state index contributed by atoms with van der Waals surface area (Å²) in [6.45, 7) is 0.332. The van der Waals surface area contributed by atoms with Crippen LogP contribution in [0.25, 0.3) is 0 Å². The predicted octanol–water partition coefficient (Wildman–Crippen LogP) is 2.09. The largest absolute Gasteiger partial charge is 0.390 e. The molecular weight excluding hydrogens is 302 g/mol. The molecule has 0 amide bonds. The molecule has 0 unspecified atom stereocenters. The second kappa shape index (κ2) is 5.28. The molecule has 2 rings (SSSR count). The second-order valence-electron chi connectivity index (χ2n) is 3.70. The molecule has 0 aliphatic carbocycles. The predicted molar refractivity (Wildman–Crippen MR) is 68.0 cm³/mol. The molecule has 0 spiro atoms. The molecule has 0 atom stereocenters. The van der Waals surface area contributed by atoms with Crippen LogP contribution >= 0.6 is 15.9 Å². The zero-order valence-corrected chi connectivity index (χ0v) is 10.9. The van der Waals surface area contributed by atoms with E-state index in [4.69, 9.17) is 5.11 Å². The van der Waals surface area contributed by atoms with Gasteiger partial charge in [0.15, 0.2) is 0 Å². The van der Waals surface area contributed by atoms with Crippen LogP contribution in [-0.4, -0.2) is 19.6 Å². The van der Waals surface area contributed by atoms with Gasteiger partial charge in [0.1, 0.15) is 4.47 Å². The van der Waals surface area contributed by atoms with E-state index in [0.717, 1.165) is 5.56 Å². The molecule has 0 fully saturated rings. The highest BCUT2D eigenvalue weighted by Crippen LogP contribution is 2.28. The molecule has 0 aliphatic rings. The van der Waals surface area contributed by atoms with Crippen LogP contribution in [0.5, 0.6) is 0 Å². The fraction of sp³-hybridized carbons (Fsp3) is 0.182. The molecule has 1 aromatic heterocycles. The molecule has 0 bridgehead atoms. The molecule has 2 aromatic rings. The first-order valence-electron chi connectivity index (χ1n) is 5.15. The summed E-state index contributed by atoms with van der Waals surface area (Å²) in [4.78, 5) is 14.4. The Kier molecular flexibility index (Phi) is 3.73. The smallest absolute Gasteiger partial charge is 0.283 e. The number of rotatable bonds is 4. The van der Waals surface area contributed by atoms with Gasteiger partial charge in [-0.15, -0.1) is 0 Å². The number of nitrogens with zero attached hydrogens (tertiary/aromatic N) is 3. The second-order valence-corrected chi connectivity index (χ2v) is 4.50. The van der Waals surface area contributed by atoms with Gasteiger partial charge in [0.2, 0.25) is 0 Å². The first-order valence-corrected chi connectivity index (χ1v) is 5.94. The Labute approximate surface area is 111 Å². The van der Waals surface area contributed by atoms with Gasteiger partial charge < -0.3 is 9.67 Å². The van der Waals surface area contributed by atoms with Crippen molar-refractivity contribution >= 4 is 21.6 Å². The lowest BCUT2D eigenvalue weighted by Gasteiger charge is -2.05. The molecule has 94 valence electrons. The molecule has 0 saturated carbocycles. The first-order chi connectivity index (χ1) is 8.61. The van der Waals surface area contributed by atoms with Crippen molar-refractivity contribution in [3.05, 3.63) is 56.6 Å². The van der Waals surface area contributed by atoms with E-state index < -0.39 is 4.92 Å². The van der Waals surface area contributed by atoms with Gasteiger partial charge in [-0.3, -0.25) is 10.1 Å². The molecule has 18 heavy (non-hydrogen) atoms. The summed E-state index contributed by atoms with van der Waals surface area (Å²) in [7, 11) is 0. The van der Waals surface area contributed by atoms with E-state index in [1.165, 1.54) is 6.07 Å². The Bertz CT molecular complexity index is 583. The number of aliphatic hydroxyl groups is 1. The molecule has 1 aromatic carbocycles. The summed E-state index contributed by atoms with van der Waals surface area (Å²) in [6, 6.07) is 4.89. The van der Waals surface area contributed by atoms with Crippen LogP contribution in [0.1, 0.15) is 11.3 Å². The van der Waals surface area contributed by atoms with Crippen LogP contribution in [0.3, 0.4) is 0 Å². The number of imidazole rings is 1. The molecule has 7 heteroatoms. The van der Waals surface area contributed by atoms with Gasteiger partial charge in [0.05, 0.1) is 23.6 Å². The lowest BCUT2D eigenvalue weighted by Crippen LogP contribution is -1.99. The third kappa shape index (κ3) is 2.57. The van der Waals surface area contributed by atoms with Gasteiger partial charge in [-0.05, 0) is 21.5 Å². The minimum Gasteiger partial charge on any atom is -0.390 e. The first kappa shape index (κ1) is 12.7. The van der Waals surface area contributed by atoms with E-state index in [0.29, 0.717) is 16.7 Å². The van der Waals surface area contributed by atoms with Crippen molar-refractivity contribution in [1.29, 1.82) is 0 Å². The van der Waals surface area contributed by atoms with Crippen LogP contribution in [0, 0.1) is 10.1 Å². The molecule has 1 N–H and O–H groups in total. The molecule has 0 radical (unpaired) electrons. The Morgan fingerprint density at radius 2 is 2.28 bits per heavy atom. The fourth-order valence-electron chi connectivity index (χ4n) is 1.60. The quantitative estimate of drug-likeness (QED) is 0.692. The average Bonchev–Trinajstić information content (AvgIpc) is 2.79. The fourth-order valence-corrected chi connectivity index (χ4v) is 2.14. The number of aromatic nitrogens is 2. The van der Waals surface area contributed by atoms with Crippen molar-refractivity contribution in [2.45, 2.75) is 13.2 Å². The van der Waals surface area contributed by atoms with Crippen molar-refractivity contribution in [3.63, 3.8) is 0 Å². The minimum absolute atomic E-state index is 0.0370. The monoisotopic (exact) mass is 311 g/mol. The van der Waals surface area contributed by atoms with Crippen molar-refractivity contribution in [2.24, 2.45) is 0 Å². The van der Waals surface area contributed by atoms with Crippen LogP contribution in [0.2, 0.25) is 0 Å². The molecule has 0 saturated heterocycles. The highest BCUT2D eigenvalue weighted by molar-refractivity contribution is 9.10. The van der Waals surface area contributed by atoms with E-state index in [1.807, 2.05) is 0 Å². The maximum Gasteiger partial charge on any atom is 0.283 e. The number of aliphatic hydroxyl groups excluding tert-OH is 1. The topological polar surface area (TPSA) is 81.2 Å². The molecule has 0 aliphatic heterocycles. The Morgan fingerprint density at radius 3 is 2.89 bits per heavy atom. The van der Waals surface area contributed by atoms with E-state index >= 15 is 0 Å². The van der Waals surface area contributed by atoms with Gasteiger partial charge in [-0.25, -0.2) is 4.98 Å². The molecule has 6 nitrogen and oxygen atoms in total. The normalized spacial score (nSPS) is 10.6. The maximum atomic E-state index is 10.8. The number of benzene rings is 1. The van der Waals surface area contributed by atoms with Crippen LogP contribution in [-0.2, 0) is 13.2 Å². The van der Waals surface area contributed by atoms with Crippen molar-refractivity contribution < 1.29 is 10.0 Å². The zero-order valence-electron chi connectivity index (χ0n) is 9.28. The number of hydrogen-bond acceptors (Lipinski definition) is 4. The maximum absolute atomic E-state index is 10.8. The Balaban J connectivity index is 2.29. The third-order valence-electron chi connectivity index (χ3n) is 2.46. The van der Waals surface area contributed by atoms with Gasteiger partial charge in [-0.1, -0.05) is 12.1 Å². The van der Waals surface area contributed by atoms with E-state index in [2.05, 4.69) is 20.9 Å². The van der Waals surface area contributed by atoms with Gasteiger partial charge >= 0.3 is 0 Å². The van der Waals surface area contributed by atoms with Crippen LogP contribution < -0.4 is 0 Å². The van der Waals surface area contributed by atoms with Crippen molar-refractivity contribution in [2.75, 3.05) is 0 Å². The van der Waals surface area contributed by atoms with Crippen molar-refractivity contribution in [1.82, 2.24) is 9.55 Å². The zero-order chi connectivity index (χ0) is 13.1. The summed E-state index contributed by atoms with van der Waals surface area (Å²) < 4.78 is 2.23. The highest BCUT2D eigenvalue weighted by atomic mass is 79.9. The Morgan fingerprint density at radius 1 is 1.50 bits per heavy atom. The standard InChI is InChI=1S/C11H10BrN3O3/c12-11-8(2-1-3-10(11)15(17)18)4-14-5-9(6-16)13-7-14/h1-3,5,7,16H,4,6H2. The minimum atomic E-state index is -0.430. The number of halogens is 1. The third-order valence-corrected chi connectivity index (χ3v) is 3.37. The van der Waals surface area contributed by atoms with E-state index in [-0.39, 0.29) is 12.3 Å². The lowest BCUT2D eigenvalue weighted by atomic mass is 10.2. The highest BCUT2D eigenvalue weighted by Gasteiger charge is 2.14. The van der Waals surface area contributed by atoms with E-state index in [1.54, 1.807) is 29.2 Å². The number of nitro groups is 1. The van der Waals surface area contributed by atoms with Crippen LogP contribution in [0.4, 0.5) is 5.69 Å². The van der Waals surface area contributed by atoms with E-state index in [9.17, 15) is 10.1 Å².